The Labute approximate surface area is 263 Å². The number of benzene rings is 2. The quantitative estimate of drug-likeness (QED) is 0.185. The fourth-order valence-corrected chi connectivity index (χ4v) is 6.49. The molecule has 0 radical (unpaired) electrons. The van der Waals surface area contributed by atoms with Crippen molar-refractivity contribution in [3.63, 3.8) is 0 Å². The number of imidazole rings is 1. The fourth-order valence-electron chi connectivity index (χ4n) is 5.97. The van der Waals surface area contributed by atoms with Crippen molar-refractivity contribution in [3.8, 4) is 0 Å². The average molecular weight is 641 g/mol. The van der Waals surface area contributed by atoms with E-state index in [1.54, 1.807) is 11.1 Å². The van der Waals surface area contributed by atoms with Crippen LogP contribution in [0.2, 0.25) is 10.0 Å². The van der Waals surface area contributed by atoms with E-state index in [1.165, 1.54) is 12.1 Å². The van der Waals surface area contributed by atoms with E-state index in [0.717, 1.165) is 18.5 Å². The minimum absolute atomic E-state index is 0.0424. The molecule has 2 aliphatic rings. The van der Waals surface area contributed by atoms with Crippen LogP contribution in [0.5, 0.6) is 0 Å². The van der Waals surface area contributed by atoms with Crippen LogP contribution in [0.3, 0.4) is 0 Å². The molecule has 3 amide bonds. The van der Waals surface area contributed by atoms with Crippen molar-refractivity contribution >= 4 is 69.6 Å². The van der Waals surface area contributed by atoms with Crippen LogP contribution in [0.4, 0.5) is 32.5 Å². The molecule has 2 fully saturated rings. The second kappa shape index (κ2) is 12.8. The van der Waals surface area contributed by atoms with Crippen LogP contribution in [-0.4, -0.2) is 55.5 Å². The van der Waals surface area contributed by atoms with Gasteiger partial charge in [-0.15, -0.1) is 0 Å². The molecule has 230 valence electrons. The number of anilines is 4. The lowest BCUT2D eigenvalue weighted by Crippen LogP contribution is -2.47. The Morgan fingerprint density at radius 3 is 2.52 bits per heavy atom. The molecule has 1 aliphatic heterocycles. The molecule has 11 nitrogen and oxygen atoms in total. The van der Waals surface area contributed by atoms with E-state index in [1.807, 2.05) is 34.9 Å². The maximum atomic E-state index is 14.9. The second-order valence-electron chi connectivity index (χ2n) is 11.2. The van der Waals surface area contributed by atoms with Gasteiger partial charge in [-0.05, 0) is 62.8 Å². The van der Waals surface area contributed by atoms with Gasteiger partial charge in [0.05, 0.1) is 16.9 Å². The molecule has 14 heteroatoms. The van der Waals surface area contributed by atoms with Crippen molar-refractivity contribution in [1.29, 1.82) is 0 Å². The summed E-state index contributed by atoms with van der Waals surface area (Å²) in [6.07, 6.45) is 5.84. The fraction of sp³-hybridized carbons (Fsp3) is 0.367. The average Bonchev–Trinajstić information content (AvgIpc) is 3.37. The number of nitrogens with one attached hydrogen (secondary N) is 3. The number of carbonyl (C=O) groups excluding carboxylic acids is 2. The molecule has 1 saturated carbocycles. The normalized spacial score (nSPS) is 20.3. The highest BCUT2D eigenvalue weighted by atomic mass is 35.5. The molecule has 0 spiro atoms. The van der Waals surface area contributed by atoms with E-state index in [0.29, 0.717) is 61.8 Å². The number of nitrogens with two attached hydrogens (primary N) is 1. The van der Waals surface area contributed by atoms with Gasteiger partial charge in [0.1, 0.15) is 11.3 Å². The highest BCUT2D eigenvalue weighted by molar-refractivity contribution is 6.36. The smallest absolute Gasteiger partial charge is 0.321 e. The molecule has 1 saturated heterocycles. The van der Waals surface area contributed by atoms with Crippen molar-refractivity contribution in [2.24, 2.45) is 11.7 Å². The third-order valence-corrected chi connectivity index (χ3v) is 8.72. The summed E-state index contributed by atoms with van der Waals surface area (Å²) >= 11 is 12.3. The van der Waals surface area contributed by atoms with E-state index < -0.39 is 5.82 Å². The van der Waals surface area contributed by atoms with Crippen LogP contribution < -0.4 is 21.7 Å². The van der Waals surface area contributed by atoms with Gasteiger partial charge in [-0.2, -0.15) is 4.98 Å². The van der Waals surface area contributed by atoms with Crippen molar-refractivity contribution in [2.45, 2.75) is 50.6 Å². The molecule has 2 aromatic heterocycles. The number of aromatic nitrogens is 4. The molecule has 0 bridgehead atoms. The standard InChI is InChI=1S/C30H32Cl2FN9O2/c31-18-13-22(32)25(23(33)14-18)39-29-38-24-15-35-28(40-27(24)42(29)21-10-8-17(9-11-21)26(34)43)36-20-7-4-12-41(16-20)30(44)37-19-5-2-1-3-6-19/h1-3,5-6,13-15,17,20-21H,4,7-12,16H2,(H2,34,43)(H,37,44)(H,38,39)(H,35,36,40)/t17-,20-,21+/m1/s1. The largest absolute Gasteiger partial charge is 0.369 e. The van der Waals surface area contributed by atoms with Crippen LogP contribution in [-0.2, 0) is 4.79 Å². The van der Waals surface area contributed by atoms with Crippen LogP contribution in [0.25, 0.3) is 11.2 Å². The first-order valence-electron chi connectivity index (χ1n) is 14.6. The highest BCUT2D eigenvalue weighted by Gasteiger charge is 2.30. The topological polar surface area (TPSA) is 143 Å². The van der Waals surface area contributed by atoms with Gasteiger partial charge < -0.3 is 26.6 Å². The van der Waals surface area contributed by atoms with Gasteiger partial charge in [0.15, 0.2) is 5.65 Å². The summed E-state index contributed by atoms with van der Waals surface area (Å²) in [5.74, 6) is -0.383. The third kappa shape index (κ3) is 6.51. The van der Waals surface area contributed by atoms with E-state index in [-0.39, 0.29) is 45.7 Å². The second-order valence-corrected chi connectivity index (χ2v) is 12.1. The number of rotatable bonds is 7. The molecule has 2 aromatic carbocycles. The van der Waals surface area contributed by atoms with Crippen LogP contribution >= 0.6 is 23.2 Å². The van der Waals surface area contributed by atoms with Crippen LogP contribution in [0, 0.1) is 11.7 Å². The number of hydrogen-bond donors (Lipinski definition) is 4. The minimum Gasteiger partial charge on any atom is -0.369 e. The molecule has 1 atom stereocenters. The molecule has 1 aliphatic carbocycles. The van der Waals surface area contributed by atoms with Crippen LogP contribution in [0.1, 0.15) is 44.6 Å². The molecule has 0 unspecified atom stereocenters. The maximum Gasteiger partial charge on any atom is 0.321 e. The Balaban J connectivity index is 1.26. The summed E-state index contributed by atoms with van der Waals surface area (Å²) in [6.45, 7) is 1.13. The van der Waals surface area contributed by atoms with Crippen molar-refractivity contribution < 1.29 is 14.0 Å². The van der Waals surface area contributed by atoms with Gasteiger partial charge in [-0.1, -0.05) is 41.4 Å². The Morgan fingerprint density at radius 2 is 1.80 bits per heavy atom. The molecule has 4 aromatic rings. The summed E-state index contributed by atoms with van der Waals surface area (Å²) in [5, 5.41) is 9.68. The molecule has 5 N–H and O–H groups in total. The van der Waals surface area contributed by atoms with Gasteiger partial charge in [0.2, 0.25) is 17.8 Å². The highest BCUT2D eigenvalue weighted by Crippen LogP contribution is 2.38. The van der Waals surface area contributed by atoms with Gasteiger partial charge in [0.25, 0.3) is 0 Å². The molecule has 3 heterocycles. The van der Waals surface area contributed by atoms with Crippen molar-refractivity contribution in [3.05, 3.63) is 64.5 Å². The molecular weight excluding hydrogens is 608 g/mol. The zero-order valence-electron chi connectivity index (χ0n) is 23.8. The van der Waals surface area contributed by atoms with E-state index in [4.69, 9.17) is 38.9 Å². The van der Waals surface area contributed by atoms with E-state index in [9.17, 15) is 14.0 Å². The number of halogens is 3. The van der Waals surface area contributed by atoms with Gasteiger partial charge in [-0.25, -0.2) is 19.2 Å². The number of carbonyl (C=O) groups is 2. The third-order valence-electron chi connectivity index (χ3n) is 8.21. The SMILES string of the molecule is NC(=O)[C@H]1CC[C@@H](n2c(Nc3c(F)cc(Cl)cc3Cl)nc3cnc(N[C@@H]4CCCN(C(=O)Nc5ccccc5)C4)nc32)CC1. The number of hydrogen-bond acceptors (Lipinski definition) is 7. The van der Waals surface area contributed by atoms with E-state index in [2.05, 4.69) is 20.9 Å². The monoisotopic (exact) mass is 639 g/mol. The number of piperidine rings is 1. The Kier molecular flexibility index (Phi) is 8.72. The summed E-state index contributed by atoms with van der Waals surface area (Å²) < 4.78 is 16.8. The number of fused-ring (bicyclic) bond motifs is 1. The number of likely N-dealkylation sites (tertiary alicyclic amines) is 1. The summed E-state index contributed by atoms with van der Waals surface area (Å²) in [5.41, 5.74) is 7.42. The first-order valence-corrected chi connectivity index (χ1v) is 15.3. The maximum absolute atomic E-state index is 14.9. The van der Waals surface area contributed by atoms with Crippen molar-refractivity contribution in [1.82, 2.24) is 24.4 Å². The van der Waals surface area contributed by atoms with E-state index >= 15 is 0 Å². The van der Waals surface area contributed by atoms with Gasteiger partial charge in [0, 0.05) is 41.8 Å². The zero-order valence-corrected chi connectivity index (χ0v) is 25.3. The first-order chi connectivity index (χ1) is 21.2. The van der Waals surface area contributed by atoms with Crippen molar-refractivity contribution in [2.75, 3.05) is 29.0 Å². The van der Waals surface area contributed by atoms with Gasteiger partial charge in [-0.3, -0.25) is 9.36 Å². The lowest BCUT2D eigenvalue weighted by atomic mass is 9.85. The molecule has 44 heavy (non-hydrogen) atoms. The summed E-state index contributed by atoms with van der Waals surface area (Å²) in [4.78, 5) is 40.5. The Bertz CT molecular complexity index is 1660. The van der Waals surface area contributed by atoms with Gasteiger partial charge >= 0.3 is 6.03 Å². The summed E-state index contributed by atoms with van der Waals surface area (Å²) in [7, 11) is 0. The number of para-hydroxylation sites is 1. The Morgan fingerprint density at radius 1 is 1.02 bits per heavy atom. The predicted octanol–water partition coefficient (Wildman–Crippen LogP) is 6.34. The number of nitrogens with zero attached hydrogens (tertiary/aromatic N) is 5. The molecular formula is C30H32Cl2FN9O2. The van der Waals surface area contributed by atoms with Crippen LogP contribution in [0.15, 0.2) is 48.7 Å². The number of urea groups is 1. The number of primary amides is 1. The summed E-state index contributed by atoms with van der Waals surface area (Å²) in [6, 6.07) is 11.7. The Hall–Kier alpha value is -4.16. The lowest BCUT2D eigenvalue weighted by molar-refractivity contribution is -0.122. The predicted molar refractivity (Wildman–Crippen MR) is 169 cm³/mol. The minimum atomic E-state index is -0.620. The number of amides is 3. The molecule has 6 rings (SSSR count). The first kappa shape index (κ1) is 29.9. The zero-order chi connectivity index (χ0) is 30.8. The lowest BCUT2D eigenvalue weighted by Gasteiger charge is -2.33.